The Morgan fingerprint density at radius 1 is 1.44 bits per heavy atom. The molecule has 0 unspecified atom stereocenters. The first-order chi connectivity index (χ1) is 7.86. The SMILES string of the molecule is CCOCn1c(CC#N)nc2ccccc21. The highest BCUT2D eigenvalue weighted by molar-refractivity contribution is 5.75. The summed E-state index contributed by atoms with van der Waals surface area (Å²) >= 11 is 0. The minimum atomic E-state index is 0.307. The third-order valence-corrected chi connectivity index (χ3v) is 2.40. The minimum Gasteiger partial charge on any atom is -0.361 e. The summed E-state index contributed by atoms with van der Waals surface area (Å²) in [5, 5.41) is 8.75. The summed E-state index contributed by atoms with van der Waals surface area (Å²) in [6, 6.07) is 9.96. The average molecular weight is 215 g/mol. The zero-order chi connectivity index (χ0) is 11.4. The van der Waals surface area contributed by atoms with Gasteiger partial charge >= 0.3 is 0 Å². The van der Waals surface area contributed by atoms with Gasteiger partial charge in [-0.05, 0) is 19.1 Å². The van der Waals surface area contributed by atoms with E-state index in [2.05, 4.69) is 11.1 Å². The Morgan fingerprint density at radius 2 is 2.25 bits per heavy atom. The highest BCUT2D eigenvalue weighted by atomic mass is 16.5. The van der Waals surface area contributed by atoms with E-state index in [1.54, 1.807) is 0 Å². The lowest BCUT2D eigenvalue weighted by atomic mass is 10.3. The molecule has 0 amide bonds. The van der Waals surface area contributed by atoms with Crippen LogP contribution in [0.3, 0.4) is 0 Å². The quantitative estimate of drug-likeness (QED) is 0.784. The maximum atomic E-state index is 8.75. The van der Waals surface area contributed by atoms with Crippen LogP contribution in [0, 0.1) is 11.3 Å². The summed E-state index contributed by atoms with van der Waals surface area (Å²) in [7, 11) is 0. The molecule has 16 heavy (non-hydrogen) atoms. The van der Waals surface area contributed by atoms with Crippen molar-refractivity contribution in [2.24, 2.45) is 0 Å². The zero-order valence-electron chi connectivity index (χ0n) is 9.18. The second-order valence-corrected chi connectivity index (χ2v) is 3.40. The summed E-state index contributed by atoms with van der Waals surface area (Å²) < 4.78 is 7.33. The molecule has 0 N–H and O–H groups in total. The van der Waals surface area contributed by atoms with Crippen molar-refractivity contribution in [2.45, 2.75) is 20.1 Å². The third kappa shape index (κ3) is 1.90. The van der Waals surface area contributed by atoms with E-state index >= 15 is 0 Å². The van der Waals surface area contributed by atoms with E-state index in [0.29, 0.717) is 19.8 Å². The molecule has 0 atom stereocenters. The van der Waals surface area contributed by atoms with Crippen LogP contribution in [0.1, 0.15) is 12.7 Å². The van der Waals surface area contributed by atoms with E-state index in [1.165, 1.54) is 0 Å². The molecule has 1 aromatic carbocycles. The van der Waals surface area contributed by atoms with Gasteiger partial charge in [-0.1, -0.05) is 12.1 Å². The van der Waals surface area contributed by atoms with Gasteiger partial charge in [-0.3, -0.25) is 0 Å². The lowest BCUT2D eigenvalue weighted by Crippen LogP contribution is -2.06. The van der Waals surface area contributed by atoms with Crippen molar-refractivity contribution in [2.75, 3.05) is 6.61 Å². The molecule has 1 heterocycles. The topological polar surface area (TPSA) is 50.8 Å². The maximum Gasteiger partial charge on any atom is 0.126 e. The summed E-state index contributed by atoms with van der Waals surface area (Å²) in [5.41, 5.74) is 1.92. The molecule has 4 nitrogen and oxygen atoms in total. The fraction of sp³-hybridized carbons (Fsp3) is 0.333. The van der Waals surface area contributed by atoms with Crippen LogP contribution in [0.2, 0.25) is 0 Å². The van der Waals surface area contributed by atoms with Gasteiger partial charge < -0.3 is 9.30 Å². The van der Waals surface area contributed by atoms with Crippen molar-refractivity contribution in [1.29, 1.82) is 5.26 Å². The molecule has 0 spiro atoms. The van der Waals surface area contributed by atoms with E-state index in [1.807, 2.05) is 35.8 Å². The molecule has 0 radical (unpaired) electrons. The maximum absolute atomic E-state index is 8.75. The van der Waals surface area contributed by atoms with E-state index in [-0.39, 0.29) is 0 Å². The van der Waals surface area contributed by atoms with E-state index in [4.69, 9.17) is 10.00 Å². The Kier molecular flexibility index (Phi) is 3.18. The van der Waals surface area contributed by atoms with E-state index in [9.17, 15) is 0 Å². The summed E-state index contributed by atoms with van der Waals surface area (Å²) in [6.45, 7) is 3.05. The summed E-state index contributed by atoms with van der Waals surface area (Å²) in [5.74, 6) is 0.761. The number of hydrogen-bond donors (Lipinski definition) is 0. The number of para-hydroxylation sites is 2. The van der Waals surface area contributed by atoms with Gasteiger partial charge in [0.2, 0.25) is 0 Å². The number of benzene rings is 1. The van der Waals surface area contributed by atoms with Crippen LogP contribution in [0.5, 0.6) is 0 Å². The number of imidazole rings is 1. The van der Waals surface area contributed by atoms with Crippen molar-refractivity contribution >= 4 is 11.0 Å². The largest absolute Gasteiger partial charge is 0.361 e. The molecule has 0 saturated carbocycles. The predicted octanol–water partition coefficient (Wildman–Crippen LogP) is 2.10. The van der Waals surface area contributed by atoms with Gasteiger partial charge in [0.1, 0.15) is 12.6 Å². The smallest absolute Gasteiger partial charge is 0.126 e. The van der Waals surface area contributed by atoms with Gasteiger partial charge in [0.25, 0.3) is 0 Å². The van der Waals surface area contributed by atoms with Crippen LogP contribution in [0.4, 0.5) is 0 Å². The van der Waals surface area contributed by atoms with Gasteiger partial charge in [-0.15, -0.1) is 0 Å². The third-order valence-electron chi connectivity index (χ3n) is 2.40. The van der Waals surface area contributed by atoms with Crippen LogP contribution in [0.25, 0.3) is 11.0 Å². The lowest BCUT2D eigenvalue weighted by molar-refractivity contribution is 0.0888. The highest BCUT2D eigenvalue weighted by Gasteiger charge is 2.09. The van der Waals surface area contributed by atoms with Gasteiger partial charge in [0.05, 0.1) is 23.5 Å². The predicted molar refractivity (Wildman–Crippen MR) is 60.7 cm³/mol. The monoisotopic (exact) mass is 215 g/mol. The number of rotatable bonds is 4. The van der Waals surface area contributed by atoms with E-state index < -0.39 is 0 Å². The molecular weight excluding hydrogens is 202 g/mol. The number of aromatic nitrogens is 2. The molecule has 0 saturated heterocycles. The Bertz CT molecular complexity index is 525. The highest BCUT2D eigenvalue weighted by Crippen LogP contribution is 2.16. The zero-order valence-corrected chi connectivity index (χ0v) is 9.18. The van der Waals surface area contributed by atoms with Crippen LogP contribution in [-0.2, 0) is 17.9 Å². The van der Waals surface area contributed by atoms with Gasteiger partial charge in [0.15, 0.2) is 0 Å². The standard InChI is InChI=1S/C12H13N3O/c1-2-16-9-15-11-6-4-3-5-10(11)14-12(15)7-8-13/h3-6H,2,7,9H2,1H3. The number of ether oxygens (including phenoxy) is 1. The van der Waals surface area contributed by atoms with Crippen LogP contribution < -0.4 is 0 Å². The van der Waals surface area contributed by atoms with Crippen molar-refractivity contribution in [3.05, 3.63) is 30.1 Å². The number of nitrogens with zero attached hydrogens (tertiary/aromatic N) is 3. The fourth-order valence-corrected chi connectivity index (χ4v) is 1.66. The van der Waals surface area contributed by atoms with Gasteiger partial charge in [-0.2, -0.15) is 5.26 Å². The Balaban J connectivity index is 2.47. The molecule has 1 aromatic heterocycles. The first-order valence-electron chi connectivity index (χ1n) is 5.25. The van der Waals surface area contributed by atoms with Crippen molar-refractivity contribution in [3.8, 4) is 6.07 Å². The Morgan fingerprint density at radius 3 is 3.00 bits per heavy atom. The first kappa shape index (κ1) is 10.7. The normalized spacial score (nSPS) is 10.5. The molecule has 0 bridgehead atoms. The summed E-state index contributed by atoms with van der Waals surface area (Å²) in [6.07, 6.45) is 0.307. The fourth-order valence-electron chi connectivity index (χ4n) is 1.66. The number of hydrogen-bond acceptors (Lipinski definition) is 3. The van der Waals surface area contributed by atoms with Crippen molar-refractivity contribution in [1.82, 2.24) is 9.55 Å². The van der Waals surface area contributed by atoms with Crippen LogP contribution in [0.15, 0.2) is 24.3 Å². The minimum absolute atomic E-state index is 0.307. The Labute approximate surface area is 94.1 Å². The molecule has 0 aliphatic carbocycles. The average Bonchev–Trinajstić information content (AvgIpc) is 2.65. The molecule has 4 heteroatoms. The van der Waals surface area contributed by atoms with E-state index in [0.717, 1.165) is 16.9 Å². The first-order valence-corrected chi connectivity index (χ1v) is 5.25. The van der Waals surface area contributed by atoms with Gasteiger partial charge in [0, 0.05) is 6.61 Å². The Hall–Kier alpha value is -1.86. The molecule has 82 valence electrons. The van der Waals surface area contributed by atoms with Crippen molar-refractivity contribution in [3.63, 3.8) is 0 Å². The molecular formula is C12H13N3O. The van der Waals surface area contributed by atoms with Crippen LogP contribution in [-0.4, -0.2) is 16.2 Å². The second kappa shape index (κ2) is 4.77. The molecule has 2 rings (SSSR count). The second-order valence-electron chi connectivity index (χ2n) is 3.40. The molecule has 2 aromatic rings. The molecule has 0 aliphatic heterocycles. The number of nitriles is 1. The summed E-state index contributed by atoms with van der Waals surface area (Å²) in [4.78, 5) is 4.42. The number of fused-ring (bicyclic) bond motifs is 1. The molecule has 0 fully saturated rings. The van der Waals surface area contributed by atoms with Crippen LogP contribution >= 0.6 is 0 Å². The molecule has 0 aliphatic rings. The van der Waals surface area contributed by atoms with Crippen molar-refractivity contribution < 1.29 is 4.74 Å². The van der Waals surface area contributed by atoms with Gasteiger partial charge in [-0.25, -0.2) is 4.98 Å². The lowest BCUT2D eigenvalue weighted by Gasteiger charge is -2.06.